The molecule has 1 aromatic carbocycles. The molecule has 1 amide bonds. The summed E-state index contributed by atoms with van der Waals surface area (Å²) in [6.45, 7) is 9.89. The SMILES string of the molecule is Cc1c(C(=O)NCCC(C)(C)C(=O)O)c(C#N)n(-c2ccc(S(=O)NC(C)(C)C)c(C(F)(F)F)c2)c1CC1CCCCC1. The normalized spacial score (nSPS) is 15.6. The zero-order chi connectivity index (χ0) is 32.3. The van der Waals surface area contributed by atoms with Gasteiger partial charge in [-0.15, -0.1) is 0 Å². The maximum Gasteiger partial charge on any atom is 0.417 e. The first-order chi connectivity index (χ1) is 19.9. The number of aliphatic carboxylic acids is 1. The van der Waals surface area contributed by atoms with Crippen molar-refractivity contribution in [3.05, 3.63) is 46.3 Å². The Balaban J connectivity index is 2.16. The highest BCUT2D eigenvalue weighted by molar-refractivity contribution is 7.83. The van der Waals surface area contributed by atoms with Gasteiger partial charge < -0.3 is 15.0 Å². The Morgan fingerprint density at radius 2 is 1.74 bits per heavy atom. The zero-order valence-electron chi connectivity index (χ0n) is 25.6. The van der Waals surface area contributed by atoms with Crippen LogP contribution in [0.3, 0.4) is 0 Å². The Morgan fingerprint density at radius 1 is 1.12 bits per heavy atom. The number of carbonyl (C=O) groups is 2. The number of alkyl halides is 3. The number of hydrogen-bond acceptors (Lipinski definition) is 4. The summed E-state index contributed by atoms with van der Waals surface area (Å²) in [5.74, 6) is -1.37. The van der Waals surface area contributed by atoms with Crippen LogP contribution in [0.4, 0.5) is 13.2 Å². The van der Waals surface area contributed by atoms with E-state index in [1.165, 1.54) is 24.5 Å². The van der Waals surface area contributed by atoms with Gasteiger partial charge in [0.05, 0.1) is 21.4 Å². The number of carboxylic acid groups (broad SMARTS) is 1. The Hall–Kier alpha value is -3.17. The molecule has 1 atom stereocenters. The first-order valence-electron chi connectivity index (χ1n) is 14.4. The summed E-state index contributed by atoms with van der Waals surface area (Å²) in [5, 5.41) is 22.4. The molecule has 12 heteroatoms. The fourth-order valence-electron chi connectivity index (χ4n) is 5.37. The number of nitriles is 1. The molecule has 1 heterocycles. The van der Waals surface area contributed by atoms with E-state index >= 15 is 0 Å². The van der Waals surface area contributed by atoms with Crippen molar-refractivity contribution >= 4 is 22.9 Å². The van der Waals surface area contributed by atoms with E-state index in [1.54, 1.807) is 27.7 Å². The molecule has 0 saturated heterocycles. The van der Waals surface area contributed by atoms with Crippen LogP contribution in [0.15, 0.2) is 23.1 Å². The fraction of sp³-hybridized carbons (Fsp3) is 0.581. The summed E-state index contributed by atoms with van der Waals surface area (Å²) in [4.78, 5) is 24.5. The minimum absolute atomic E-state index is 0.0328. The molecule has 1 aliphatic rings. The van der Waals surface area contributed by atoms with Crippen LogP contribution in [0, 0.1) is 29.6 Å². The molecule has 0 spiro atoms. The van der Waals surface area contributed by atoms with Gasteiger partial charge in [-0.25, -0.2) is 8.93 Å². The molecule has 3 N–H and O–H groups in total. The Morgan fingerprint density at radius 3 is 2.28 bits per heavy atom. The minimum atomic E-state index is -4.84. The summed E-state index contributed by atoms with van der Waals surface area (Å²) >= 11 is 0. The van der Waals surface area contributed by atoms with Crippen LogP contribution in [-0.4, -0.2) is 37.8 Å². The number of halogens is 3. The lowest BCUT2D eigenvalue weighted by Crippen LogP contribution is -2.37. The topological polar surface area (TPSA) is 124 Å². The molecule has 1 aromatic heterocycles. The average molecular weight is 623 g/mol. The predicted molar refractivity (Wildman–Crippen MR) is 158 cm³/mol. The number of rotatable bonds is 10. The van der Waals surface area contributed by atoms with Crippen molar-refractivity contribution in [2.24, 2.45) is 11.3 Å². The number of aromatic nitrogens is 1. The average Bonchev–Trinajstić information content (AvgIpc) is 3.18. The van der Waals surface area contributed by atoms with Crippen molar-refractivity contribution in [2.75, 3.05) is 6.54 Å². The Kier molecular flexibility index (Phi) is 10.6. The van der Waals surface area contributed by atoms with Crippen molar-refractivity contribution in [1.29, 1.82) is 5.26 Å². The van der Waals surface area contributed by atoms with Crippen LogP contribution < -0.4 is 10.0 Å². The lowest BCUT2D eigenvalue weighted by Gasteiger charge is -2.24. The molecule has 1 fully saturated rings. The van der Waals surface area contributed by atoms with Gasteiger partial charge in [0.1, 0.15) is 22.7 Å². The number of hydrogen-bond donors (Lipinski definition) is 3. The van der Waals surface area contributed by atoms with E-state index in [0.717, 1.165) is 44.2 Å². The lowest BCUT2D eigenvalue weighted by molar-refractivity contribution is -0.147. The summed E-state index contributed by atoms with van der Waals surface area (Å²) in [6.07, 6.45) is 0.808. The smallest absolute Gasteiger partial charge is 0.417 e. The van der Waals surface area contributed by atoms with Crippen LogP contribution in [0.5, 0.6) is 0 Å². The maximum atomic E-state index is 14.4. The second kappa shape index (κ2) is 13.2. The van der Waals surface area contributed by atoms with E-state index in [4.69, 9.17) is 0 Å². The van der Waals surface area contributed by atoms with Crippen LogP contribution in [-0.2, 0) is 28.4 Å². The van der Waals surface area contributed by atoms with Crippen molar-refractivity contribution in [3.8, 4) is 11.8 Å². The second-order valence-electron chi connectivity index (χ2n) is 12.9. The fourth-order valence-corrected chi connectivity index (χ4v) is 6.60. The number of benzene rings is 1. The molecule has 2 aromatic rings. The molecule has 236 valence electrons. The number of carboxylic acids is 1. The number of amides is 1. The summed E-state index contributed by atoms with van der Waals surface area (Å²) in [6, 6.07) is 5.49. The van der Waals surface area contributed by atoms with E-state index in [9.17, 15) is 37.3 Å². The van der Waals surface area contributed by atoms with E-state index in [-0.39, 0.29) is 35.8 Å². The van der Waals surface area contributed by atoms with Gasteiger partial charge in [0.2, 0.25) is 0 Å². The first-order valence-corrected chi connectivity index (χ1v) is 15.6. The predicted octanol–water partition coefficient (Wildman–Crippen LogP) is 6.44. The quantitative estimate of drug-likeness (QED) is 0.281. The van der Waals surface area contributed by atoms with Gasteiger partial charge in [0.25, 0.3) is 5.91 Å². The number of carbonyl (C=O) groups excluding carboxylic acids is 1. The van der Waals surface area contributed by atoms with Crippen LogP contribution >= 0.6 is 0 Å². The largest absolute Gasteiger partial charge is 0.481 e. The molecule has 1 unspecified atom stereocenters. The van der Waals surface area contributed by atoms with Gasteiger partial charge in [-0.3, -0.25) is 9.59 Å². The third-order valence-corrected chi connectivity index (χ3v) is 9.37. The molecule has 0 aliphatic heterocycles. The van der Waals surface area contributed by atoms with Crippen molar-refractivity contribution in [2.45, 2.75) is 103 Å². The highest BCUT2D eigenvalue weighted by atomic mass is 32.2. The van der Waals surface area contributed by atoms with Gasteiger partial charge in [0, 0.05) is 23.5 Å². The van der Waals surface area contributed by atoms with Crippen LogP contribution in [0.25, 0.3) is 5.69 Å². The summed E-state index contributed by atoms with van der Waals surface area (Å²) in [7, 11) is -2.17. The molecule has 1 saturated carbocycles. The summed E-state index contributed by atoms with van der Waals surface area (Å²) < 4.78 is 60.1. The molecule has 3 rings (SSSR count). The van der Waals surface area contributed by atoms with E-state index in [0.29, 0.717) is 17.7 Å². The van der Waals surface area contributed by atoms with Crippen molar-refractivity contribution in [3.63, 3.8) is 0 Å². The van der Waals surface area contributed by atoms with E-state index in [1.807, 2.05) is 6.07 Å². The molecular weight excluding hydrogens is 581 g/mol. The summed E-state index contributed by atoms with van der Waals surface area (Å²) in [5.41, 5.74) is -1.84. The minimum Gasteiger partial charge on any atom is -0.481 e. The number of nitrogens with zero attached hydrogens (tertiary/aromatic N) is 2. The maximum absolute atomic E-state index is 14.4. The van der Waals surface area contributed by atoms with Gasteiger partial charge in [-0.05, 0) is 84.1 Å². The van der Waals surface area contributed by atoms with Gasteiger partial charge in [-0.2, -0.15) is 18.4 Å². The Bertz CT molecular complexity index is 1430. The van der Waals surface area contributed by atoms with Crippen LogP contribution in [0.2, 0.25) is 0 Å². The van der Waals surface area contributed by atoms with Crippen molar-refractivity contribution in [1.82, 2.24) is 14.6 Å². The standard InChI is InChI=1S/C31H41F3N4O4S/c1-19-23(16-20-10-8-7-9-11-20)38(24(18-35)26(19)27(39)36-15-14-30(5,6)28(40)41)21-12-13-25(22(17-21)31(32,33)34)43(42)37-29(2,3)4/h12-13,17,20,37H,7-11,14-16H2,1-6H3,(H,36,39)(H,40,41). The van der Waals surface area contributed by atoms with Gasteiger partial charge >= 0.3 is 12.1 Å². The molecule has 8 nitrogen and oxygen atoms in total. The molecule has 1 aliphatic carbocycles. The number of nitrogens with one attached hydrogen (secondary N) is 2. The van der Waals surface area contributed by atoms with Gasteiger partial charge in [0.15, 0.2) is 0 Å². The molecule has 0 radical (unpaired) electrons. The van der Waals surface area contributed by atoms with Crippen LogP contribution in [0.1, 0.15) is 106 Å². The van der Waals surface area contributed by atoms with Crippen molar-refractivity contribution < 1.29 is 32.1 Å². The second-order valence-corrected chi connectivity index (χ2v) is 14.1. The molecule has 0 bridgehead atoms. The Labute approximate surface area is 253 Å². The third kappa shape index (κ3) is 8.26. The van der Waals surface area contributed by atoms with E-state index < -0.39 is 50.5 Å². The first kappa shape index (κ1) is 34.3. The molecule has 43 heavy (non-hydrogen) atoms. The third-order valence-electron chi connectivity index (χ3n) is 7.82. The highest BCUT2D eigenvalue weighted by Crippen LogP contribution is 2.38. The van der Waals surface area contributed by atoms with E-state index in [2.05, 4.69) is 10.0 Å². The monoisotopic (exact) mass is 622 g/mol. The zero-order valence-corrected chi connectivity index (χ0v) is 26.4. The highest BCUT2D eigenvalue weighted by Gasteiger charge is 2.37. The molecular formula is C31H41F3N4O4S. The van der Waals surface area contributed by atoms with Gasteiger partial charge in [-0.1, -0.05) is 32.1 Å². The lowest BCUT2D eigenvalue weighted by atomic mass is 9.85.